The molecule has 1 saturated carbocycles. The first-order valence-electron chi connectivity index (χ1n) is 12.5. The Morgan fingerprint density at radius 3 is 2.84 bits per heavy atom. The number of rotatable bonds is 11. The van der Waals surface area contributed by atoms with Gasteiger partial charge in [0.2, 0.25) is 0 Å². The minimum atomic E-state index is -3.09. The Morgan fingerprint density at radius 2 is 2.11 bits per heavy atom. The maximum atomic E-state index is 13.3. The van der Waals surface area contributed by atoms with Crippen molar-refractivity contribution in [3.63, 3.8) is 0 Å². The highest BCUT2D eigenvalue weighted by Gasteiger charge is 2.30. The minimum Gasteiger partial charge on any atom is -0.496 e. The molecular formula is C27H28F2N4O5. The van der Waals surface area contributed by atoms with Crippen LogP contribution in [-0.2, 0) is 4.74 Å². The number of morpholine rings is 1. The number of halogens is 2. The number of ether oxygens (including phenoxy) is 4. The molecule has 0 spiro atoms. The van der Waals surface area contributed by atoms with Gasteiger partial charge in [-0.05, 0) is 37.0 Å². The van der Waals surface area contributed by atoms with Crippen LogP contribution in [0, 0.1) is 17.2 Å². The summed E-state index contributed by atoms with van der Waals surface area (Å²) in [7, 11) is 1.40. The molecule has 0 amide bonds. The molecule has 1 aliphatic carbocycles. The van der Waals surface area contributed by atoms with E-state index in [0.29, 0.717) is 55.6 Å². The second kappa shape index (κ2) is 11.3. The summed E-state index contributed by atoms with van der Waals surface area (Å²) in [6.07, 6.45) is 5.57. The molecule has 0 bridgehead atoms. The maximum Gasteiger partial charge on any atom is 0.387 e. The number of imidazole rings is 1. The number of hydrogen-bond donors (Lipinski definition) is 0. The van der Waals surface area contributed by atoms with Crippen LogP contribution in [-0.4, -0.2) is 72.7 Å². The number of pyridine rings is 1. The molecule has 2 aliphatic rings. The van der Waals surface area contributed by atoms with Crippen LogP contribution in [0.4, 0.5) is 8.78 Å². The van der Waals surface area contributed by atoms with E-state index in [4.69, 9.17) is 18.9 Å². The summed E-state index contributed by atoms with van der Waals surface area (Å²) in [6.45, 7) is -0.453. The van der Waals surface area contributed by atoms with Crippen molar-refractivity contribution in [3.8, 4) is 34.6 Å². The molecule has 1 unspecified atom stereocenters. The molecule has 1 atom stereocenters. The first-order chi connectivity index (χ1) is 18.5. The fourth-order valence-corrected chi connectivity index (χ4v) is 4.62. The second-order valence-corrected chi connectivity index (χ2v) is 9.34. The standard InChI is InChI=1S/C27H28F2N4O5/c1-35-23-11-18(12-24(38-27(28)29)26(23)22(34)10-17-2-3-17)21-15-31-25-13-20(4-5-33(21)25)37-9-7-32-6-8-36-16-19(32)14-30/h4-5,11-13,15,17,19,27H,2-3,6-10,16H2,1H3. The molecule has 2 fully saturated rings. The molecule has 200 valence electrons. The van der Waals surface area contributed by atoms with Crippen LogP contribution in [0.3, 0.4) is 0 Å². The third-order valence-corrected chi connectivity index (χ3v) is 6.77. The fourth-order valence-electron chi connectivity index (χ4n) is 4.62. The second-order valence-electron chi connectivity index (χ2n) is 9.34. The van der Waals surface area contributed by atoms with Gasteiger partial charge in [0.25, 0.3) is 0 Å². The zero-order valence-electron chi connectivity index (χ0n) is 20.9. The number of alkyl halides is 2. The molecule has 3 aromatic rings. The van der Waals surface area contributed by atoms with Gasteiger partial charge in [0.15, 0.2) is 5.78 Å². The first-order valence-corrected chi connectivity index (χ1v) is 12.5. The van der Waals surface area contributed by atoms with Gasteiger partial charge >= 0.3 is 6.61 Å². The number of benzene rings is 1. The van der Waals surface area contributed by atoms with Crippen molar-refractivity contribution < 1.29 is 32.5 Å². The molecule has 1 aliphatic heterocycles. The highest BCUT2D eigenvalue weighted by molar-refractivity contribution is 6.02. The Balaban J connectivity index is 1.37. The Hall–Kier alpha value is -3.75. The van der Waals surface area contributed by atoms with E-state index < -0.39 is 6.61 Å². The number of aromatic nitrogens is 2. The summed E-state index contributed by atoms with van der Waals surface area (Å²) in [5.41, 5.74) is 1.74. The summed E-state index contributed by atoms with van der Waals surface area (Å²) in [4.78, 5) is 19.4. The lowest BCUT2D eigenvalue weighted by atomic mass is 10.00. The lowest BCUT2D eigenvalue weighted by molar-refractivity contribution is -0.0502. The van der Waals surface area contributed by atoms with Crippen LogP contribution in [0.25, 0.3) is 16.9 Å². The number of ketones is 1. The zero-order valence-corrected chi connectivity index (χ0v) is 20.9. The normalized spacial score (nSPS) is 17.9. The molecule has 3 heterocycles. The maximum absolute atomic E-state index is 13.3. The van der Waals surface area contributed by atoms with Gasteiger partial charge in [-0.25, -0.2) is 4.98 Å². The van der Waals surface area contributed by atoms with Crippen LogP contribution >= 0.6 is 0 Å². The molecule has 0 radical (unpaired) electrons. The topological polar surface area (TPSA) is 98.3 Å². The van der Waals surface area contributed by atoms with E-state index in [1.54, 1.807) is 35.0 Å². The van der Waals surface area contributed by atoms with Crippen LogP contribution in [0.5, 0.6) is 17.2 Å². The number of fused-ring (bicyclic) bond motifs is 1. The van der Waals surface area contributed by atoms with Gasteiger partial charge in [-0.3, -0.25) is 14.1 Å². The molecule has 9 nitrogen and oxygen atoms in total. The average molecular weight is 527 g/mol. The van der Waals surface area contributed by atoms with Crippen LogP contribution in [0.15, 0.2) is 36.7 Å². The fraction of sp³-hybridized carbons (Fsp3) is 0.444. The Morgan fingerprint density at radius 1 is 1.29 bits per heavy atom. The van der Waals surface area contributed by atoms with Gasteiger partial charge in [-0.15, -0.1) is 0 Å². The SMILES string of the molecule is COc1cc(-c2cnc3cc(OCCN4CCOCC4C#N)ccn23)cc(OC(F)F)c1C(=O)CC1CC1. The van der Waals surface area contributed by atoms with E-state index in [2.05, 4.69) is 11.1 Å². The number of nitrogens with zero attached hydrogens (tertiary/aromatic N) is 4. The van der Waals surface area contributed by atoms with Gasteiger partial charge in [0.05, 0.1) is 38.3 Å². The molecule has 11 heteroatoms. The predicted molar refractivity (Wildman–Crippen MR) is 133 cm³/mol. The number of carbonyl (C=O) groups excluding carboxylic acids is 1. The molecule has 0 N–H and O–H groups in total. The molecule has 2 aromatic heterocycles. The van der Waals surface area contributed by atoms with Crippen molar-refractivity contribution in [1.29, 1.82) is 5.26 Å². The minimum absolute atomic E-state index is 0.0341. The summed E-state index contributed by atoms with van der Waals surface area (Å²) in [5.74, 6) is 0.579. The highest BCUT2D eigenvalue weighted by atomic mass is 19.3. The average Bonchev–Trinajstić information content (AvgIpc) is 3.63. The number of methoxy groups -OCH3 is 1. The van der Waals surface area contributed by atoms with Crippen molar-refractivity contribution in [3.05, 3.63) is 42.2 Å². The molecule has 38 heavy (non-hydrogen) atoms. The quantitative estimate of drug-likeness (QED) is 0.343. The number of nitriles is 1. The van der Waals surface area contributed by atoms with Crippen LogP contribution < -0.4 is 14.2 Å². The smallest absolute Gasteiger partial charge is 0.387 e. The van der Waals surface area contributed by atoms with Crippen molar-refractivity contribution in [2.45, 2.75) is 31.9 Å². The van der Waals surface area contributed by atoms with Gasteiger partial charge in [-0.2, -0.15) is 14.0 Å². The van der Waals surface area contributed by atoms with E-state index >= 15 is 0 Å². The summed E-state index contributed by atoms with van der Waals surface area (Å²) in [6, 6.07) is 8.57. The molecule has 1 aromatic carbocycles. The van der Waals surface area contributed by atoms with E-state index in [9.17, 15) is 18.8 Å². The first kappa shape index (κ1) is 25.9. The Kier molecular flexibility index (Phi) is 7.72. The van der Waals surface area contributed by atoms with Gasteiger partial charge in [-0.1, -0.05) is 0 Å². The van der Waals surface area contributed by atoms with Crippen LogP contribution in [0.1, 0.15) is 29.6 Å². The highest BCUT2D eigenvalue weighted by Crippen LogP contribution is 2.40. The summed E-state index contributed by atoms with van der Waals surface area (Å²) in [5, 5.41) is 9.27. The zero-order chi connectivity index (χ0) is 26.6. The molecular weight excluding hydrogens is 498 g/mol. The summed E-state index contributed by atoms with van der Waals surface area (Å²) < 4.78 is 49.8. The van der Waals surface area contributed by atoms with Crippen LogP contribution in [0.2, 0.25) is 0 Å². The number of carbonyl (C=O) groups is 1. The van der Waals surface area contributed by atoms with Crippen molar-refractivity contribution >= 4 is 11.4 Å². The third-order valence-electron chi connectivity index (χ3n) is 6.77. The molecule has 1 saturated heterocycles. The van der Waals surface area contributed by atoms with Gasteiger partial charge in [0, 0.05) is 37.3 Å². The van der Waals surface area contributed by atoms with E-state index in [-0.39, 0.29) is 41.2 Å². The number of hydrogen-bond acceptors (Lipinski definition) is 8. The monoisotopic (exact) mass is 526 g/mol. The van der Waals surface area contributed by atoms with Crippen molar-refractivity contribution in [2.75, 3.05) is 40.0 Å². The van der Waals surface area contributed by atoms with E-state index in [1.807, 2.05) is 4.90 Å². The third kappa shape index (κ3) is 5.71. The van der Waals surface area contributed by atoms with E-state index in [0.717, 1.165) is 12.8 Å². The van der Waals surface area contributed by atoms with Gasteiger partial charge < -0.3 is 18.9 Å². The number of Topliss-reactive ketones (excluding diaryl/α,β-unsaturated/α-hetero) is 1. The summed E-state index contributed by atoms with van der Waals surface area (Å²) >= 11 is 0. The van der Waals surface area contributed by atoms with E-state index in [1.165, 1.54) is 13.2 Å². The largest absolute Gasteiger partial charge is 0.496 e. The van der Waals surface area contributed by atoms with Gasteiger partial charge in [0.1, 0.15) is 41.1 Å². The Labute approximate surface area is 218 Å². The van der Waals surface area contributed by atoms with Crippen molar-refractivity contribution in [1.82, 2.24) is 14.3 Å². The lowest BCUT2D eigenvalue weighted by Gasteiger charge is -2.30. The Bertz CT molecular complexity index is 1350. The van der Waals surface area contributed by atoms with Crippen molar-refractivity contribution in [2.24, 2.45) is 5.92 Å². The lowest BCUT2D eigenvalue weighted by Crippen LogP contribution is -2.46. The predicted octanol–water partition coefficient (Wildman–Crippen LogP) is 4.20. The molecule has 5 rings (SSSR count).